The van der Waals surface area contributed by atoms with Crippen LogP contribution in [0.3, 0.4) is 0 Å². The molecule has 1 unspecified atom stereocenters. The molecule has 0 saturated carbocycles. The number of rotatable bonds is 7. The molecule has 3 aromatic heterocycles. The summed E-state index contributed by atoms with van der Waals surface area (Å²) in [7, 11) is 1.54. The molecule has 0 aliphatic heterocycles. The van der Waals surface area contributed by atoms with E-state index in [1.807, 2.05) is 0 Å². The van der Waals surface area contributed by atoms with E-state index in [4.69, 9.17) is 10.5 Å². The smallest absolute Gasteiger partial charge is 0.263 e. The van der Waals surface area contributed by atoms with Crippen molar-refractivity contribution in [3.63, 3.8) is 0 Å². The second-order valence-corrected chi connectivity index (χ2v) is 7.97. The molecule has 3 aromatic rings. The van der Waals surface area contributed by atoms with E-state index >= 15 is 0 Å². The SMILES string of the molecule is CCC(C(=O)Nc1nnc(COC)s1)n1cnc2sc(C(N)=O)c(C)c2c1=O. The van der Waals surface area contributed by atoms with Crippen molar-refractivity contribution in [3.05, 3.63) is 32.1 Å². The summed E-state index contributed by atoms with van der Waals surface area (Å²) in [6, 6.07) is -0.796. The Kier molecular flexibility index (Phi) is 5.82. The first kappa shape index (κ1) is 20.0. The minimum absolute atomic E-state index is 0.286. The Morgan fingerprint density at radius 1 is 1.36 bits per heavy atom. The second-order valence-electron chi connectivity index (χ2n) is 5.90. The van der Waals surface area contributed by atoms with Gasteiger partial charge in [-0.3, -0.25) is 24.3 Å². The van der Waals surface area contributed by atoms with E-state index in [0.717, 1.165) is 11.3 Å². The van der Waals surface area contributed by atoms with Crippen LogP contribution in [0.15, 0.2) is 11.1 Å². The lowest BCUT2D eigenvalue weighted by Gasteiger charge is -2.16. The van der Waals surface area contributed by atoms with Crippen LogP contribution in [0.4, 0.5) is 5.13 Å². The van der Waals surface area contributed by atoms with Gasteiger partial charge in [0.15, 0.2) is 0 Å². The first-order valence-corrected chi connectivity index (χ1v) is 9.92. The average molecular weight is 422 g/mol. The molecular weight excluding hydrogens is 404 g/mol. The molecule has 12 heteroatoms. The highest BCUT2D eigenvalue weighted by atomic mass is 32.1. The van der Waals surface area contributed by atoms with Crippen LogP contribution < -0.4 is 16.6 Å². The number of hydrogen-bond donors (Lipinski definition) is 2. The minimum Gasteiger partial charge on any atom is -0.377 e. The average Bonchev–Trinajstić information content (AvgIpc) is 3.22. The van der Waals surface area contributed by atoms with Crippen molar-refractivity contribution in [2.24, 2.45) is 5.73 Å². The van der Waals surface area contributed by atoms with Crippen LogP contribution in [0.1, 0.15) is 39.6 Å². The zero-order chi connectivity index (χ0) is 20.4. The third-order valence-electron chi connectivity index (χ3n) is 4.09. The molecule has 3 heterocycles. The van der Waals surface area contributed by atoms with Crippen molar-refractivity contribution in [1.82, 2.24) is 19.7 Å². The van der Waals surface area contributed by atoms with E-state index in [1.165, 1.54) is 22.2 Å². The highest BCUT2D eigenvalue weighted by Crippen LogP contribution is 2.27. The van der Waals surface area contributed by atoms with Crippen LogP contribution in [-0.4, -0.2) is 38.7 Å². The van der Waals surface area contributed by atoms with E-state index in [-0.39, 0.29) is 4.88 Å². The number of methoxy groups -OCH3 is 1. The summed E-state index contributed by atoms with van der Waals surface area (Å²) in [5.74, 6) is -1.02. The lowest BCUT2D eigenvalue weighted by Crippen LogP contribution is -2.33. The highest BCUT2D eigenvalue weighted by Gasteiger charge is 2.24. The predicted octanol–water partition coefficient (Wildman–Crippen LogP) is 1.45. The van der Waals surface area contributed by atoms with Crippen molar-refractivity contribution in [2.75, 3.05) is 12.4 Å². The molecule has 0 saturated heterocycles. The fourth-order valence-corrected chi connectivity index (χ4v) is 4.48. The lowest BCUT2D eigenvalue weighted by atomic mass is 10.1. The molecule has 0 radical (unpaired) electrons. The Morgan fingerprint density at radius 2 is 2.11 bits per heavy atom. The molecule has 10 nitrogen and oxygen atoms in total. The number of nitrogens with one attached hydrogen (secondary N) is 1. The molecule has 148 valence electrons. The number of aromatic nitrogens is 4. The molecular formula is C16H18N6O4S2. The molecule has 28 heavy (non-hydrogen) atoms. The normalized spacial score (nSPS) is 12.2. The lowest BCUT2D eigenvalue weighted by molar-refractivity contribution is -0.119. The van der Waals surface area contributed by atoms with Gasteiger partial charge in [-0.15, -0.1) is 21.5 Å². The van der Waals surface area contributed by atoms with E-state index < -0.39 is 23.4 Å². The highest BCUT2D eigenvalue weighted by molar-refractivity contribution is 7.20. The fraction of sp³-hybridized carbons (Fsp3) is 0.375. The first-order chi connectivity index (χ1) is 13.4. The maximum Gasteiger partial charge on any atom is 0.263 e. The fourth-order valence-electron chi connectivity index (χ4n) is 2.78. The molecule has 2 amide bonds. The van der Waals surface area contributed by atoms with Crippen molar-refractivity contribution in [3.8, 4) is 0 Å². The molecule has 3 N–H and O–H groups in total. The number of nitrogens with two attached hydrogens (primary N) is 1. The van der Waals surface area contributed by atoms with Crippen molar-refractivity contribution < 1.29 is 14.3 Å². The first-order valence-electron chi connectivity index (χ1n) is 8.29. The van der Waals surface area contributed by atoms with E-state index in [9.17, 15) is 14.4 Å². The molecule has 0 spiro atoms. The summed E-state index contributed by atoms with van der Waals surface area (Å²) in [5, 5.41) is 11.7. The maximum atomic E-state index is 13.0. The quantitative estimate of drug-likeness (QED) is 0.587. The van der Waals surface area contributed by atoms with Gasteiger partial charge in [0.2, 0.25) is 11.0 Å². The van der Waals surface area contributed by atoms with Crippen molar-refractivity contribution in [2.45, 2.75) is 32.9 Å². The topological polar surface area (TPSA) is 142 Å². The van der Waals surface area contributed by atoms with Gasteiger partial charge >= 0.3 is 0 Å². The summed E-state index contributed by atoms with van der Waals surface area (Å²) in [5.41, 5.74) is 5.44. The number of aryl methyl sites for hydroxylation is 1. The van der Waals surface area contributed by atoms with Crippen LogP contribution in [0.2, 0.25) is 0 Å². The van der Waals surface area contributed by atoms with E-state index in [0.29, 0.717) is 38.9 Å². The molecule has 0 fully saturated rings. The number of hydrogen-bond acceptors (Lipinski definition) is 9. The molecule has 0 bridgehead atoms. The van der Waals surface area contributed by atoms with Gasteiger partial charge in [0.05, 0.1) is 16.6 Å². The van der Waals surface area contributed by atoms with E-state index in [1.54, 1.807) is 21.0 Å². The molecule has 0 aliphatic rings. The van der Waals surface area contributed by atoms with Crippen molar-refractivity contribution >= 4 is 49.8 Å². The number of thiophene rings is 1. The monoisotopic (exact) mass is 422 g/mol. The van der Waals surface area contributed by atoms with Gasteiger partial charge < -0.3 is 10.5 Å². The summed E-state index contributed by atoms with van der Waals surface area (Å²) in [6.07, 6.45) is 1.67. The molecule has 0 aliphatic carbocycles. The number of ether oxygens (including phenoxy) is 1. The van der Waals surface area contributed by atoms with Crippen molar-refractivity contribution in [1.29, 1.82) is 0 Å². The summed E-state index contributed by atoms with van der Waals surface area (Å²) in [4.78, 5) is 42.2. The number of amides is 2. The number of primary amides is 1. The van der Waals surface area contributed by atoms with Crippen LogP contribution in [-0.2, 0) is 16.1 Å². The van der Waals surface area contributed by atoms with E-state index in [2.05, 4.69) is 20.5 Å². The van der Waals surface area contributed by atoms with Crippen LogP contribution >= 0.6 is 22.7 Å². The number of fused-ring (bicyclic) bond motifs is 1. The predicted molar refractivity (Wildman–Crippen MR) is 106 cm³/mol. The van der Waals surface area contributed by atoms with Crippen LogP contribution in [0.5, 0.6) is 0 Å². The Morgan fingerprint density at radius 3 is 2.75 bits per heavy atom. The Labute approximate surface area is 167 Å². The van der Waals surface area contributed by atoms with Crippen LogP contribution in [0, 0.1) is 6.92 Å². The number of nitrogens with zero attached hydrogens (tertiary/aromatic N) is 4. The zero-order valence-electron chi connectivity index (χ0n) is 15.4. The van der Waals surface area contributed by atoms with Crippen LogP contribution in [0.25, 0.3) is 10.2 Å². The Bertz CT molecular complexity index is 1100. The summed E-state index contributed by atoms with van der Waals surface area (Å²) >= 11 is 2.26. The number of carbonyl (C=O) groups is 2. The van der Waals surface area contributed by atoms with Gasteiger partial charge in [-0.2, -0.15) is 0 Å². The van der Waals surface area contributed by atoms with Gasteiger partial charge in [-0.05, 0) is 18.9 Å². The number of carbonyl (C=O) groups excluding carboxylic acids is 2. The van der Waals surface area contributed by atoms with Gasteiger partial charge in [0, 0.05) is 7.11 Å². The second kappa shape index (κ2) is 8.12. The number of anilines is 1. The van der Waals surface area contributed by atoms with Gasteiger partial charge in [0.1, 0.15) is 22.5 Å². The molecule has 0 aromatic carbocycles. The Hall–Kier alpha value is -2.70. The zero-order valence-corrected chi connectivity index (χ0v) is 17.0. The molecule has 3 rings (SSSR count). The Balaban J connectivity index is 1.95. The maximum absolute atomic E-state index is 13.0. The summed E-state index contributed by atoms with van der Waals surface area (Å²) < 4.78 is 6.24. The minimum atomic E-state index is -0.796. The van der Waals surface area contributed by atoms with Gasteiger partial charge in [-0.25, -0.2) is 4.98 Å². The van der Waals surface area contributed by atoms with Gasteiger partial charge in [-0.1, -0.05) is 18.3 Å². The summed E-state index contributed by atoms with van der Waals surface area (Å²) in [6.45, 7) is 3.73. The molecule has 1 atom stereocenters. The third-order valence-corrected chi connectivity index (χ3v) is 6.12. The third kappa shape index (κ3) is 3.66. The largest absolute Gasteiger partial charge is 0.377 e. The van der Waals surface area contributed by atoms with Gasteiger partial charge in [0.25, 0.3) is 11.5 Å². The standard InChI is InChI=1S/C16H18N6O4S2/c1-4-8(13(24)19-16-21-20-9(27-16)5-26-3)22-6-18-14-10(15(22)25)7(2)11(28-14)12(17)23/h6,8H,4-5H2,1-3H3,(H2,17,23)(H,19,21,24).